The first kappa shape index (κ1) is 20.6. The van der Waals surface area contributed by atoms with E-state index in [1.54, 1.807) is 29.6 Å². The molecule has 0 N–H and O–H groups in total. The van der Waals surface area contributed by atoms with E-state index in [9.17, 15) is 13.2 Å². The standard InChI is InChI=1S/C19H24N6O4S/c1-30(27,28)25-7-5-23(6-8-25)18(26)16-14-21-19(24-9-11-29-12-10-24)22-17(16)15-3-2-4-20-13-15/h2-4,13-14H,5-12H2,1H3. The monoisotopic (exact) mass is 432 g/mol. The molecular weight excluding hydrogens is 408 g/mol. The van der Waals surface area contributed by atoms with Crippen molar-refractivity contribution in [1.82, 2.24) is 24.2 Å². The molecule has 0 unspecified atom stereocenters. The molecule has 1 amide bonds. The van der Waals surface area contributed by atoms with Gasteiger partial charge < -0.3 is 14.5 Å². The van der Waals surface area contributed by atoms with Gasteiger partial charge in [-0.1, -0.05) is 0 Å². The number of hydrogen-bond donors (Lipinski definition) is 0. The largest absolute Gasteiger partial charge is 0.378 e. The van der Waals surface area contributed by atoms with E-state index in [1.807, 2.05) is 11.0 Å². The van der Waals surface area contributed by atoms with Crippen molar-refractivity contribution in [2.75, 3.05) is 63.6 Å². The van der Waals surface area contributed by atoms with Crippen LogP contribution in [0.25, 0.3) is 11.3 Å². The van der Waals surface area contributed by atoms with Crippen molar-refractivity contribution >= 4 is 21.9 Å². The van der Waals surface area contributed by atoms with E-state index in [0.717, 1.165) is 5.56 Å². The van der Waals surface area contributed by atoms with Crippen LogP contribution in [0.2, 0.25) is 0 Å². The Morgan fingerprint density at radius 1 is 1.07 bits per heavy atom. The van der Waals surface area contributed by atoms with Crippen LogP contribution >= 0.6 is 0 Å². The molecule has 0 saturated carbocycles. The summed E-state index contributed by atoms with van der Waals surface area (Å²) in [6, 6.07) is 3.65. The summed E-state index contributed by atoms with van der Waals surface area (Å²) in [7, 11) is -3.26. The van der Waals surface area contributed by atoms with E-state index in [-0.39, 0.29) is 19.0 Å². The minimum atomic E-state index is -3.26. The molecule has 0 aromatic carbocycles. The lowest BCUT2D eigenvalue weighted by atomic mass is 10.1. The number of anilines is 1. The summed E-state index contributed by atoms with van der Waals surface area (Å²) in [5.41, 5.74) is 1.63. The number of carbonyl (C=O) groups is 1. The van der Waals surface area contributed by atoms with Crippen LogP contribution in [-0.2, 0) is 14.8 Å². The number of aromatic nitrogens is 3. The fourth-order valence-corrected chi connectivity index (χ4v) is 4.39. The van der Waals surface area contributed by atoms with Gasteiger partial charge in [0.05, 0.1) is 30.7 Å². The molecule has 0 aliphatic carbocycles. The highest BCUT2D eigenvalue weighted by Gasteiger charge is 2.29. The molecule has 0 bridgehead atoms. The highest BCUT2D eigenvalue weighted by Crippen LogP contribution is 2.25. The third kappa shape index (κ3) is 4.42. The Labute approximate surface area is 175 Å². The average Bonchev–Trinajstić information content (AvgIpc) is 2.79. The van der Waals surface area contributed by atoms with E-state index in [4.69, 9.17) is 9.72 Å². The van der Waals surface area contributed by atoms with Gasteiger partial charge in [-0.05, 0) is 12.1 Å². The molecule has 2 aromatic rings. The van der Waals surface area contributed by atoms with Crippen LogP contribution in [0.15, 0.2) is 30.7 Å². The molecule has 0 atom stereocenters. The molecular formula is C19H24N6O4S. The fraction of sp³-hybridized carbons (Fsp3) is 0.474. The van der Waals surface area contributed by atoms with Crippen LogP contribution in [0.3, 0.4) is 0 Å². The molecule has 2 aliphatic heterocycles. The van der Waals surface area contributed by atoms with Crippen LogP contribution in [0.1, 0.15) is 10.4 Å². The van der Waals surface area contributed by atoms with Crippen molar-refractivity contribution in [3.05, 3.63) is 36.3 Å². The van der Waals surface area contributed by atoms with Gasteiger partial charge >= 0.3 is 0 Å². The molecule has 0 radical (unpaired) electrons. The zero-order valence-electron chi connectivity index (χ0n) is 16.8. The predicted octanol–water partition coefficient (Wildman–Crippen LogP) is 0.0926. The maximum atomic E-state index is 13.3. The number of piperazine rings is 1. The quantitative estimate of drug-likeness (QED) is 0.669. The van der Waals surface area contributed by atoms with Crippen LogP contribution in [0.4, 0.5) is 5.95 Å². The summed E-state index contributed by atoms with van der Waals surface area (Å²) in [6.07, 6.45) is 6.08. The second-order valence-corrected chi connectivity index (χ2v) is 9.21. The van der Waals surface area contributed by atoms with E-state index in [0.29, 0.717) is 56.6 Å². The average molecular weight is 433 g/mol. The third-order valence-corrected chi connectivity index (χ3v) is 6.53. The van der Waals surface area contributed by atoms with Gasteiger partial charge in [-0.25, -0.2) is 18.4 Å². The highest BCUT2D eigenvalue weighted by atomic mass is 32.2. The van der Waals surface area contributed by atoms with Crippen LogP contribution in [0, 0.1) is 0 Å². The molecule has 4 rings (SSSR count). The van der Waals surface area contributed by atoms with Gasteiger partial charge in [-0.2, -0.15) is 4.31 Å². The van der Waals surface area contributed by atoms with Gasteiger partial charge in [0.15, 0.2) is 0 Å². The van der Waals surface area contributed by atoms with Gasteiger partial charge in [0.25, 0.3) is 5.91 Å². The molecule has 2 aliphatic rings. The Kier molecular flexibility index (Phi) is 5.93. The number of pyridine rings is 1. The number of nitrogens with zero attached hydrogens (tertiary/aromatic N) is 6. The molecule has 2 saturated heterocycles. The van der Waals surface area contributed by atoms with Crippen LogP contribution in [-0.4, -0.2) is 97.2 Å². The second kappa shape index (κ2) is 8.62. The molecule has 30 heavy (non-hydrogen) atoms. The van der Waals surface area contributed by atoms with E-state index in [2.05, 4.69) is 9.97 Å². The zero-order chi connectivity index (χ0) is 21.1. The van der Waals surface area contributed by atoms with E-state index < -0.39 is 10.0 Å². The first-order chi connectivity index (χ1) is 14.4. The van der Waals surface area contributed by atoms with Crippen molar-refractivity contribution in [2.24, 2.45) is 0 Å². The number of amides is 1. The molecule has 4 heterocycles. The number of morpholine rings is 1. The summed E-state index contributed by atoms with van der Waals surface area (Å²) in [4.78, 5) is 30.2. The summed E-state index contributed by atoms with van der Waals surface area (Å²) in [5, 5.41) is 0. The van der Waals surface area contributed by atoms with Gasteiger partial charge in [-0.15, -0.1) is 0 Å². The summed E-state index contributed by atoms with van der Waals surface area (Å²) in [5.74, 6) is 0.339. The maximum Gasteiger partial charge on any atom is 0.257 e. The zero-order valence-corrected chi connectivity index (χ0v) is 17.6. The topological polar surface area (TPSA) is 109 Å². The summed E-state index contributed by atoms with van der Waals surface area (Å²) in [6.45, 7) is 3.79. The molecule has 11 heteroatoms. The molecule has 160 valence electrons. The smallest absolute Gasteiger partial charge is 0.257 e. The summed E-state index contributed by atoms with van der Waals surface area (Å²) < 4.78 is 30.3. The molecule has 0 spiro atoms. The van der Waals surface area contributed by atoms with Crippen molar-refractivity contribution < 1.29 is 17.9 Å². The summed E-state index contributed by atoms with van der Waals surface area (Å²) >= 11 is 0. The Hall–Kier alpha value is -2.63. The van der Waals surface area contributed by atoms with Crippen LogP contribution < -0.4 is 4.90 Å². The SMILES string of the molecule is CS(=O)(=O)N1CCN(C(=O)c2cnc(N3CCOCC3)nc2-c2cccnc2)CC1. The fourth-order valence-electron chi connectivity index (χ4n) is 3.56. The van der Waals surface area contributed by atoms with Crippen LogP contribution in [0.5, 0.6) is 0 Å². The predicted molar refractivity (Wildman–Crippen MR) is 111 cm³/mol. The van der Waals surface area contributed by atoms with Gasteiger partial charge in [0.1, 0.15) is 0 Å². The van der Waals surface area contributed by atoms with Gasteiger partial charge in [0, 0.05) is 63.4 Å². The number of carbonyl (C=O) groups excluding carboxylic acids is 1. The Morgan fingerprint density at radius 2 is 1.80 bits per heavy atom. The lowest BCUT2D eigenvalue weighted by molar-refractivity contribution is 0.0698. The Balaban J connectivity index is 1.63. The van der Waals surface area contributed by atoms with Crippen molar-refractivity contribution in [2.45, 2.75) is 0 Å². The first-order valence-electron chi connectivity index (χ1n) is 9.78. The minimum Gasteiger partial charge on any atom is -0.378 e. The molecule has 10 nitrogen and oxygen atoms in total. The van der Waals surface area contributed by atoms with Crippen molar-refractivity contribution in [3.8, 4) is 11.3 Å². The number of rotatable bonds is 4. The first-order valence-corrected chi connectivity index (χ1v) is 11.6. The number of ether oxygens (including phenoxy) is 1. The van der Waals surface area contributed by atoms with E-state index >= 15 is 0 Å². The van der Waals surface area contributed by atoms with Gasteiger partial charge in [-0.3, -0.25) is 9.78 Å². The Morgan fingerprint density at radius 3 is 2.43 bits per heavy atom. The van der Waals surface area contributed by atoms with Crippen molar-refractivity contribution in [1.29, 1.82) is 0 Å². The van der Waals surface area contributed by atoms with Gasteiger partial charge in [0.2, 0.25) is 16.0 Å². The highest BCUT2D eigenvalue weighted by molar-refractivity contribution is 7.88. The normalized spacial score (nSPS) is 18.4. The second-order valence-electron chi connectivity index (χ2n) is 7.23. The Bertz CT molecular complexity index is 1000. The molecule has 2 fully saturated rings. The maximum absolute atomic E-state index is 13.3. The lowest BCUT2D eigenvalue weighted by Gasteiger charge is -2.33. The lowest BCUT2D eigenvalue weighted by Crippen LogP contribution is -2.50. The number of hydrogen-bond acceptors (Lipinski definition) is 8. The number of sulfonamides is 1. The van der Waals surface area contributed by atoms with Crippen molar-refractivity contribution in [3.63, 3.8) is 0 Å². The minimum absolute atomic E-state index is 0.212. The van der Waals surface area contributed by atoms with E-state index in [1.165, 1.54) is 10.6 Å². The third-order valence-electron chi connectivity index (χ3n) is 5.23. The molecule has 2 aromatic heterocycles.